The first-order chi connectivity index (χ1) is 21.7. The fourth-order valence-electron chi connectivity index (χ4n) is 5.29. The van der Waals surface area contributed by atoms with Gasteiger partial charge in [-0.2, -0.15) is 4.98 Å². The number of halogens is 1. The first-order valence-corrected chi connectivity index (χ1v) is 18.6. The van der Waals surface area contributed by atoms with Crippen LogP contribution in [0.5, 0.6) is 0 Å². The monoisotopic (exact) mass is 723 g/mol. The Morgan fingerprint density at radius 2 is 1.91 bits per heavy atom. The summed E-state index contributed by atoms with van der Waals surface area (Å²) in [6, 6.07) is -1.08. The molecule has 3 fully saturated rings. The largest absolute Gasteiger partial charge is 0.386 e. The highest BCUT2D eigenvalue weighted by Crippen LogP contribution is 2.58. The highest BCUT2D eigenvalue weighted by atomic mass is 32.7. The van der Waals surface area contributed by atoms with Gasteiger partial charge in [0.05, 0.1) is 31.9 Å². The fourth-order valence-corrected chi connectivity index (χ4v) is 8.17. The van der Waals surface area contributed by atoms with Crippen LogP contribution in [-0.4, -0.2) is 103 Å². The van der Waals surface area contributed by atoms with Gasteiger partial charge in [0.1, 0.15) is 35.9 Å². The lowest BCUT2D eigenvalue weighted by molar-refractivity contribution is -0.0593. The van der Waals surface area contributed by atoms with Crippen molar-refractivity contribution in [2.24, 2.45) is 10.7 Å². The third kappa shape index (κ3) is 6.06. The first-order valence-electron chi connectivity index (χ1n) is 13.3. The molecule has 10 atom stereocenters. The van der Waals surface area contributed by atoms with Gasteiger partial charge in [-0.05, 0) is 18.5 Å². The van der Waals surface area contributed by atoms with Crippen LogP contribution in [0.4, 0.5) is 16.2 Å². The van der Waals surface area contributed by atoms with Crippen molar-refractivity contribution in [3.63, 3.8) is 0 Å². The zero-order valence-corrected chi connectivity index (χ0v) is 27.1. The topological polar surface area (TPSA) is 274 Å². The maximum Gasteiger partial charge on any atom is 0.386 e. The van der Waals surface area contributed by atoms with Gasteiger partial charge < -0.3 is 35.7 Å². The van der Waals surface area contributed by atoms with Crippen LogP contribution in [0, 0.1) is 5.41 Å². The van der Waals surface area contributed by atoms with Gasteiger partial charge >= 0.3 is 13.5 Å². The van der Waals surface area contributed by atoms with Gasteiger partial charge in [-0.3, -0.25) is 37.9 Å². The highest BCUT2D eigenvalue weighted by Gasteiger charge is 2.53. The van der Waals surface area contributed by atoms with Gasteiger partial charge in [0, 0.05) is 7.05 Å². The molecule has 250 valence electrons. The number of nitrogen functional groups attached to an aromatic ring is 1. The number of fused-ring (bicyclic) bond motifs is 5. The lowest BCUT2D eigenvalue weighted by Gasteiger charge is -2.27. The Morgan fingerprint density at radius 3 is 2.63 bits per heavy atom. The molecule has 3 saturated heterocycles. The Hall–Kier alpha value is -2.66. The van der Waals surface area contributed by atoms with Gasteiger partial charge in [0.2, 0.25) is 5.95 Å². The summed E-state index contributed by atoms with van der Waals surface area (Å²) in [6.07, 6.45) is -7.66. The normalized spacial score (nSPS) is 36.8. The second-order valence-electron chi connectivity index (χ2n) is 10.2. The van der Waals surface area contributed by atoms with Crippen molar-refractivity contribution in [3.8, 4) is 0 Å². The molecule has 3 aromatic heterocycles. The fraction of sp³-hybridized carbons (Fsp3) is 0.524. The van der Waals surface area contributed by atoms with Crippen molar-refractivity contribution in [2.75, 3.05) is 31.3 Å². The van der Waals surface area contributed by atoms with Crippen molar-refractivity contribution in [3.05, 3.63) is 28.7 Å². The van der Waals surface area contributed by atoms with Crippen LogP contribution in [0.25, 0.3) is 11.2 Å². The molecule has 20 nitrogen and oxygen atoms in total. The van der Waals surface area contributed by atoms with E-state index in [1.165, 1.54) is 15.5 Å². The average Bonchev–Trinajstić information content (AvgIpc) is 3.75. The number of ether oxygens (including phenoxy) is 2. The average molecular weight is 724 g/mol. The molecule has 2 unspecified atom stereocenters. The minimum Gasteiger partial charge on any atom is -0.373 e. The summed E-state index contributed by atoms with van der Waals surface area (Å²) in [6.45, 7) is -6.43. The number of hydrogen-bond acceptors (Lipinski definition) is 16. The van der Waals surface area contributed by atoms with Crippen LogP contribution >= 0.6 is 25.8 Å². The lowest BCUT2D eigenvalue weighted by Crippen LogP contribution is -2.43. The van der Waals surface area contributed by atoms with E-state index in [9.17, 15) is 14.3 Å². The molecule has 0 amide bonds. The number of imidazole rings is 2. The second-order valence-corrected chi connectivity index (χ2v) is 15.9. The molecule has 6 rings (SSSR count). The molecule has 6 heterocycles. The third-order valence-corrected chi connectivity index (χ3v) is 10.6. The number of thiol groups is 1. The van der Waals surface area contributed by atoms with Crippen molar-refractivity contribution in [1.29, 1.82) is 5.41 Å². The van der Waals surface area contributed by atoms with Gasteiger partial charge in [0.15, 0.2) is 35.6 Å². The molecule has 3 aliphatic rings. The Balaban J connectivity index is 1.34. The van der Waals surface area contributed by atoms with Gasteiger partial charge in [-0.1, -0.05) is 12.2 Å². The van der Waals surface area contributed by atoms with E-state index < -0.39 is 81.4 Å². The number of alkyl halides is 1. The van der Waals surface area contributed by atoms with E-state index in [1.54, 1.807) is 7.05 Å². The molecule has 0 aliphatic carbocycles. The molecule has 25 heteroatoms. The SMILES string of the molecule is C=NC(=N)c1ncn([C@@H]2O[C@@H]3COP(O)(=S)O[C@@H]4[C@H](F)[C@@H](COP(=O)(S)O[C@@H]2[C@@H]3N)O[C@H]4n2cnc3c(=O)[nH]c(N)nc32)c1NC. The van der Waals surface area contributed by atoms with E-state index in [0.717, 1.165) is 6.33 Å². The standard InChI is InChI=1S/C21H28FN11O9P2S2/c1-26-15(24)11-16(27-2)32(5-28-11)20-14-10(23)8(40-20)4-38-43(35,45)41-13-9(22)7(3-37-44(36,46)42-14)39-19(13)33-6-29-12-17(33)30-21(25)31-18(12)34/h5-10,13-14,19-20,24,27H,1,3-4,23H2,2H3,(H,35,45)(H,36,46)(H3,25,30,31,34)/t7-,8-,9-,10-,13-,14-,19-,20-,43?,44?/m1/s1. The number of aliphatic imine (C=N–C) groups is 1. The minimum atomic E-state index is -4.34. The zero-order valence-electron chi connectivity index (χ0n) is 23.6. The number of hydrogen-bond donors (Lipinski definition) is 7. The van der Waals surface area contributed by atoms with E-state index in [2.05, 4.69) is 49.2 Å². The van der Waals surface area contributed by atoms with Gasteiger partial charge in [0.25, 0.3) is 5.56 Å². The van der Waals surface area contributed by atoms with Crippen molar-refractivity contribution < 1.29 is 41.4 Å². The van der Waals surface area contributed by atoms with Gasteiger partial charge in [-0.15, -0.1) is 0 Å². The number of nitrogens with one attached hydrogen (secondary N) is 3. The number of aromatic nitrogens is 6. The van der Waals surface area contributed by atoms with Crippen LogP contribution in [0.2, 0.25) is 0 Å². The molecule has 3 aromatic rings. The Labute approximate surface area is 268 Å². The summed E-state index contributed by atoms with van der Waals surface area (Å²) >= 11 is 9.31. The minimum absolute atomic E-state index is 0.0766. The Morgan fingerprint density at radius 1 is 1.24 bits per heavy atom. The van der Waals surface area contributed by atoms with Crippen LogP contribution in [0.1, 0.15) is 18.1 Å². The van der Waals surface area contributed by atoms with E-state index >= 15 is 4.39 Å². The molecule has 4 bridgehead atoms. The number of nitrogens with zero attached hydrogens (tertiary/aromatic N) is 6. The summed E-state index contributed by atoms with van der Waals surface area (Å²) in [5, 5.41) is 10.9. The number of aromatic amines is 1. The molecule has 46 heavy (non-hydrogen) atoms. The summed E-state index contributed by atoms with van der Waals surface area (Å²) in [7, 11) is 1.56. The molecule has 0 saturated carbocycles. The van der Waals surface area contributed by atoms with Crippen LogP contribution in [0.15, 0.2) is 22.4 Å². The molecular weight excluding hydrogens is 695 g/mol. The Bertz CT molecular complexity index is 1840. The quantitative estimate of drug-likeness (QED) is 0.0819. The molecule has 0 aromatic carbocycles. The lowest BCUT2D eigenvalue weighted by atomic mass is 10.1. The highest BCUT2D eigenvalue weighted by molar-refractivity contribution is 8.44. The molecule has 8 N–H and O–H groups in total. The van der Waals surface area contributed by atoms with E-state index in [4.69, 9.17) is 56.3 Å². The van der Waals surface area contributed by atoms with Crippen LogP contribution < -0.4 is 22.3 Å². The number of rotatable bonds is 4. The van der Waals surface area contributed by atoms with E-state index in [-0.39, 0.29) is 34.5 Å². The molecule has 3 aliphatic heterocycles. The third-order valence-electron chi connectivity index (χ3n) is 7.39. The number of nitrogens with two attached hydrogens (primary N) is 2. The maximum atomic E-state index is 16.0. The number of anilines is 2. The predicted molar refractivity (Wildman–Crippen MR) is 166 cm³/mol. The number of amidine groups is 1. The summed E-state index contributed by atoms with van der Waals surface area (Å²) in [5.74, 6) is -0.232. The van der Waals surface area contributed by atoms with Crippen molar-refractivity contribution >= 4 is 73.1 Å². The maximum absolute atomic E-state index is 16.0. The molecule has 0 radical (unpaired) electrons. The second kappa shape index (κ2) is 12.4. The smallest absolute Gasteiger partial charge is 0.373 e. The van der Waals surface area contributed by atoms with Crippen molar-refractivity contribution in [1.82, 2.24) is 29.1 Å². The zero-order chi connectivity index (χ0) is 33.1. The van der Waals surface area contributed by atoms with Crippen molar-refractivity contribution in [2.45, 2.75) is 49.1 Å². The summed E-state index contributed by atoms with van der Waals surface area (Å²) in [4.78, 5) is 41.5. The molecular formula is C21H28FN11O9P2S2. The van der Waals surface area contributed by atoms with Crippen LogP contribution in [0.3, 0.4) is 0 Å². The number of H-pyrrole nitrogens is 1. The van der Waals surface area contributed by atoms with E-state index in [0.29, 0.717) is 0 Å². The van der Waals surface area contributed by atoms with Crippen LogP contribution in [-0.2, 0) is 43.9 Å². The first kappa shape index (κ1) is 33.2. The Kier molecular flexibility index (Phi) is 8.97. The summed E-state index contributed by atoms with van der Waals surface area (Å²) < 4.78 is 66.5. The van der Waals surface area contributed by atoms with E-state index in [1.807, 2.05) is 0 Å². The predicted octanol–water partition coefficient (Wildman–Crippen LogP) is 0.198. The summed E-state index contributed by atoms with van der Waals surface area (Å²) in [5.41, 5.74) is 11.4. The molecule has 0 spiro atoms. The van der Waals surface area contributed by atoms with Gasteiger partial charge in [-0.25, -0.2) is 23.9 Å².